The second-order valence-electron chi connectivity index (χ2n) is 6.63. The van der Waals surface area contributed by atoms with Crippen molar-refractivity contribution < 1.29 is 19.0 Å². The van der Waals surface area contributed by atoms with Gasteiger partial charge >= 0.3 is 0 Å². The van der Waals surface area contributed by atoms with Crippen LogP contribution in [0.1, 0.15) is 26.3 Å². The van der Waals surface area contributed by atoms with Gasteiger partial charge in [-0.3, -0.25) is 9.69 Å². The van der Waals surface area contributed by atoms with E-state index in [2.05, 4.69) is 22.6 Å². The molecule has 164 valence electrons. The molecule has 1 saturated heterocycles. The number of nitrogens with zero attached hydrogens (tertiary/aromatic N) is 2. The van der Waals surface area contributed by atoms with E-state index >= 15 is 0 Å². The van der Waals surface area contributed by atoms with Gasteiger partial charge in [0.15, 0.2) is 16.6 Å². The number of benzene rings is 2. The Morgan fingerprint density at radius 3 is 2.26 bits per heavy atom. The molecular weight excluding hydrogens is 527 g/mol. The average Bonchev–Trinajstić information content (AvgIpc) is 2.95. The molecule has 1 amide bonds. The predicted molar refractivity (Wildman–Crippen MR) is 135 cm³/mol. The zero-order valence-electron chi connectivity index (χ0n) is 18.0. The van der Waals surface area contributed by atoms with Crippen molar-refractivity contribution in [1.29, 1.82) is 0 Å². The number of ether oxygens (including phenoxy) is 3. The largest absolute Gasteiger partial charge is 0.494 e. The summed E-state index contributed by atoms with van der Waals surface area (Å²) in [5, 5.41) is 0.422. The summed E-state index contributed by atoms with van der Waals surface area (Å²) in [7, 11) is 1.80. The Morgan fingerprint density at radius 1 is 1.00 bits per heavy atom. The average molecular weight is 552 g/mol. The van der Waals surface area contributed by atoms with Crippen molar-refractivity contribution in [2.24, 2.45) is 0 Å². The van der Waals surface area contributed by atoms with Gasteiger partial charge in [0.05, 0.1) is 29.1 Å². The van der Waals surface area contributed by atoms with Crippen LogP contribution in [-0.2, 0) is 4.79 Å². The maximum absolute atomic E-state index is 13.2. The fraction of sp³-hybridized carbons (Fsp3) is 0.304. The van der Waals surface area contributed by atoms with Gasteiger partial charge in [-0.15, -0.1) is 0 Å². The Hall–Kier alpha value is -2.33. The highest BCUT2D eigenvalue weighted by molar-refractivity contribution is 14.1. The van der Waals surface area contributed by atoms with Gasteiger partial charge in [-0.05, 0) is 104 Å². The molecule has 0 bridgehead atoms. The number of amides is 1. The van der Waals surface area contributed by atoms with Crippen LogP contribution in [0.3, 0.4) is 0 Å². The second kappa shape index (κ2) is 10.3. The summed E-state index contributed by atoms with van der Waals surface area (Å²) in [5.74, 6) is 1.94. The van der Waals surface area contributed by atoms with Gasteiger partial charge in [-0.2, -0.15) is 0 Å². The maximum Gasteiger partial charge on any atom is 0.281 e. The summed E-state index contributed by atoms with van der Waals surface area (Å²) in [6, 6.07) is 11.2. The van der Waals surface area contributed by atoms with Gasteiger partial charge in [0, 0.05) is 7.05 Å². The van der Waals surface area contributed by atoms with Crippen molar-refractivity contribution in [3.8, 4) is 17.2 Å². The molecule has 0 saturated carbocycles. The van der Waals surface area contributed by atoms with Crippen LogP contribution >= 0.6 is 34.8 Å². The summed E-state index contributed by atoms with van der Waals surface area (Å²) in [5.41, 5.74) is 2.02. The minimum atomic E-state index is -0.182. The van der Waals surface area contributed by atoms with Crippen molar-refractivity contribution in [1.82, 2.24) is 4.90 Å². The fourth-order valence-corrected chi connectivity index (χ4v) is 4.29. The van der Waals surface area contributed by atoms with E-state index < -0.39 is 0 Å². The Kier molecular flexibility index (Phi) is 7.77. The summed E-state index contributed by atoms with van der Waals surface area (Å²) < 4.78 is 17.9. The molecule has 31 heavy (non-hydrogen) atoms. The minimum absolute atomic E-state index is 0.182. The van der Waals surface area contributed by atoms with E-state index in [1.807, 2.05) is 63.2 Å². The van der Waals surface area contributed by atoms with Crippen LogP contribution in [0.25, 0.3) is 6.08 Å². The summed E-state index contributed by atoms with van der Waals surface area (Å²) in [4.78, 5) is 16.5. The smallest absolute Gasteiger partial charge is 0.281 e. The van der Waals surface area contributed by atoms with Crippen molar-refractivity contribution >= 4 is 57.6 Å². The molecule has 0 aromatic heterocycles. The first-order chi connectivity index (χ1) is 14.9. The van der Waals surface area contributed by atoms with Crippen LogP contribution in [0.2, 0.25) is 0 Å². The third-order valence-corrected chi connectivity index (χ3v) is 5.85. The lowest BCUT2D eigenvalue weighted by molar-refractivity contribution is -0.114. The predicted octanol–water partition coefficient (Wildman–Crippen LogP) is 5.09. The van der Waals surface area contributed by atoms with Crippen molar-refractivity contribution in [3.63, 3.8) is 0 Å². The quantitative estimate of drug-likeness (QED) is 0.259. The van der Waals surface area contributed by atoms with E-state index in [-0.39, 0.29) is 5.91 Å². The molecular formula is C23H25IN2O4S. The van der Waals surface area contributed by atoms with Crippen LogP contribution in [0, 0.1) is 3.57 Å². The first-order valence-electron chi connectivity index (χ1n) is 10.1. The van der Waals surface area contributed by atoms with Gasteiger partial charge in [-0.25, -0.2) is 0 Å². The molecule has 0 aliphatic carbocycles. The maximum atomic E-state index is 13.2. The zero-order chi connectivity index (χ0) is 22.5. The molecule has 0 radical (unpaired) electrons. The molecule has 6 nitrogen and oxygen atoms in total. The fourth-order valence-electron chi connectivity index (χ4n) is 3.22. The zero-order valence-corrected chi connectivity index (χ0v) is 21.0. The number of hydrogen-bond donors (Lipinski definition) is 0. The number of anilines is 1. The molecule has 1 aliphatic rings. The summed E-state index contributed by atoms with van der Waals surface area (Å²) >= 11 is 7.78. The number of halogens is 1. The van der Waals surface area contributed by atoms with Crippen molar-refractivity contribution in [2.45, 2.75) is 20.8 Å². The lowest BCUT2D eigenvalue weighted by Gasteiger charge is -2.16. The number of hydrogen-bond acceptors (Lipinski definition) is 5. The monoisotopic (exact) mass is 552 g/mol. The Morgan fingerprint density at radius 2 is 1.65 bits per heavy atom. The number of likely N-dealkylation sites (N-methyl/N-ethyl adjacent to an activating group) is 1. The molecule has 8 heteroatoms. The topological polar surface area (TPSA) is 51.2 Å². The van der Waals surface area contributed by atoms with E-state index in [1.54, 1.807) is 11.9 Å². The van der Waals surface area contributed by atoms with Crippen LogP contribution < -0.4 is 19.1 Å². The number of rotatable bonds is 8. The van der Waals surface area contributed by atoms with Crippen molar-refractivity contribution in [3.05, 3.63) is 51.2 Å². The molecule has 2 aromatic rings. The Bertz CT molecular complexity index is 1010. The minimum Gasteiger partial charge on any atom is -0.494 e. The lowest BCUT2D eigenvalue weighted by Crippen LogP contribution is -2.31. The number of thiocarbonyl (C=S) groups is 1. The molecule has 1 heterocycles. The number of carbonyl (C=O) groups is 1. The second-order valence-corrected chi connectivity index (χ2v) is 8.16. The van der Waals surface area contributed by atoms with E-state index in [0.717, 1.165) is 14.9 Å². The highest BCUT2D eigenvalue weighted by atomic mass is 127. The van der Waals surface area contributed by atoms with Gasteiger partial charge < -0.3 is 19.1 Å². The third-order valence-electron chi connectivity index (χ3n) is 4.59. The highest BCUT2D eigenvalue weighted by Gasteiger charge is 2.36. The molecule has 1 fully saturated rings. The van der Waals surface area contributed by atoms with Crippen molar-refractivity contribution in [2.75, 3.05) is 31.8 Å². The first kappa shape index (κ1) is 23.3. The Labute approximate surface area is 201 Å². The highest BCUT2D eigenvalue weighted by Crippen LogP contribution is 2.36. The summed E-state index contributed by atoms with van der Waals surface area (Å²) in [6.07, 6.45) is 1.82. The molecule has 0 spiro atoms. The summed E-state index contributed by atoms with van der Waals surface area (Å²) in [6.45, 7) is 7.44. The molecule has 3 rings (SSSR count). The van der Waals surface area contributed by atoms with Crippen LogP contribution in [0.5, 0.6) is 17.2 Å². The van der Waals surface area contributed by atoms with Gasteiger partial charge in [0.25, 0.3) is 5.91 Å². The third kappa shape index (κ3) is 4.95. The normalized spacial score (nSPS) is 15.1. The molecule has 0 atom stereocenters. The molecule has 0 unspecified atom stereocenters. The molecule has 2 aromatic carbocycles. The van der Waals surface area contributed by atoms with Gasteiger partial charge in [0.1, 0.15) is 11.4 Å². The lowest BCUT2D eigenvalue weighted by atomic mass is 10.1. The van der Waals surface area contributed by atoms with E-state index in [9.17, 15) is 4.79 Å². The van der Waals surface area contributed by atoms with Gasteiger partial charge in [-0.1, -0.05) is 0 Å². The first-order valence-corrected chi connectivity index (χ1v) is 11.6. The Balaban J connectivity index is 1.95. The van der Waals surface area contributed by atoms with Crippen LogP contribution in [0.15, 0.2) is 42.1 Å². The molecule has 1 aliphatic heterocycles. The van der Waals surface area contributed by atoms with E-state index in [4.69, 9.17) is 26.4 Å². The van der Waals surface area contributed by atoms with E-state index in [1.165, 1.54) is 4.90 Å². The molecule has 0 N–H and O–H groups in total. The van der Waals surface area contributed by atoms with Crippen LogP contribution in [0.4, 0.5) is 5.69 Å². The van der Waals surface area contributed by atoms with E-state index in [0.29, 0.717) is 47.8 Å². The van der Waals surface area contributed by atoms with Gasteiger partial charge in [0.2, 0.25) is 0 Å². The standard InChI is InChI=1S/C23H25IN2O4S/c1-5-28-17-10-8-16(9-11-17)26-22(27)19(25(4)23(26)31)13-15-12-18(24)21(30-7-3)20(14-15)29-6-2/h8-14H,5-7H2,1-4H3/b19-13-. The number of carbonyl (C=O) groups excluding carboxylic acids is 1. The SMILES string of the molecule is CCOc1ccc(N2C(=O)/C(=C/c3cc(I)c(OCC)c(OCC)c3)N(C)C2=S)cc1. The van der Waals surface area contributed by atoms with Crippen LogP contribution in [-0.4, -0.2) is 42.8 Å².